The average molecular weight is 824 g/mol. The molecular weight excluding hydrogens is 758 g/mol. The van der Waals surface area contributed by atoms with Crippen molar-refractivity contribution in [3.05, 3.63) is 182 Å². The van der Waals surface area contributed by atoms with Crippen molar-refractivity contribution < 1.29 is 26.2 Å². The smallest absolute Gasteiger partial charge is 0.663 e. The van der Waals surface area contributed by atoms with Crippen molar-refractivity contribution in [3.63, 3.8) is 0 Å². The summed E-state index contributed by atoms with van der Waals surface area (Å²) >= 11 is 0. The van der Waals surface area contributed by atoms with E-state index in [1.54, 1.807) is 0 Å². The molecule has 293 valence electrons. The van der Waals surface area contributed by atoms with Crippen molar-refractivity contribution in [1.82, 2.24) is 0 Å². The third kappa shape index (κ3) is 12.8. The monoisotopic (exact) mass is 822 g/mol. The number of hydrogen-bond acceptors (Lipinski definition) is 0. The normalized spacial score (nSPS) is 19.1. The summed E-state index contributed by atoms with van der Waals surface area (Å²) in [6, 6.07) is 35.1. The van der Waals surface area contributed by atoms with Crippen LogP contribution < -0.4 is 0 Å². The molecule has 0 heterocycles. The zero-order chi connectivity index (χ0) is 39.4. The summed E-state index contributed by atoms with van der Waals surface area (Å²) in [6.45, 7) is 22.8. The molecule has 8 rings (SSSR count). The second-order valence-electron chi connectivity index (χ2n) is 14.3. The first kappa shape index (κ1) is 47.0. The Hall–Kier alpha value is -3.40. The van der Waals surface area contributed by atoms with Gasteiger partial charge in [0.2, 0.25) is 0 Å². The molecule has 0 aliphatic heterocycles. The van der Waals surface area contributed by atoms with Crippen LogP contribution in [0, 0.1) is 11.8 Å². The molecule has 4 aromatic carbocycles. The van der Waals surface area contributed by atoms with Crippen molar-refractivity contribution in [2.24, 2.45) is 11.8 Å². The Kier molecular flexibility index (Phi) is 21.6. The Balaban J connectivity index is 0.000000219. The molecule has 0 aromatic heterocycles. The molecule has 0 fully saturated rings. The maximum absolute atomic E-state index is 3.97. The SMILES string of the molecule is CC(C1C=Cc2ccccc21)C1C=Cc2ccccc21.CC(C1C=Cc2ccccc21)C1C=Cc2ccccc21.CC[N-]CC.CC[N-]CC.CC[N-]CC.[Zr+3]. The van der Waals surface area contributed by atoms with Crippen molar-refractivity contribution in [2.75, 3.05) is 39.3 Å². The van der Waals surface area contributed by atoms with Crippen LogP contribution in [-0.4, -0.2) is 39.3 Å². The number of rotatable bonds is 10. The minimum Gasteiger partial charge on any atom is -0.663 e. The van der Waals surface area contributed by atoms with Crippen LogP contribution in [-0.2, 0) is 26.2 Å². The first-order chi connectivity index (χ1) is 26.9. The standard InChI is InChI=1S/2C20H18.3C4H10N.Zr/c2*1-14(17-12-10-15-6-2-4-8-19(15)17)18-13-11-16-7-3-5-9-20(16)18;3*1-3-5-4-2;/h2*2-14,17-18H,1H3;3*3-4H2,1-2H3;/q;;3*-1;+3. The summed E-state index contributed by atoms with van der Waals surface area (Å²) in [4.78, 5) is 0. The molecule has 0 amide bonds. The number of hydrogen-bond donors (Lipinski definition) is 0. The van der Waals surface area contributed by atoms with Crippen molar-refractivity contribution in [1.29, 1.82) is 0 Å². The third-order valence-corrected chi connectivity index (χ3v) is 11.0. The summed E-state index contributed by atoms with van der Waals surface area (Å²) in [5.74, 6) is 3.32. The van der Waals surface area contributed by atoms with Crippen molar-refractivity contribution in [3.8, 4) is 0 Å². The maximum Gasteiger partial charge on any atom is 3.00 e. The van der Waals surface area contributed by atoms with Crippen molar-refractivity contribution >= 4 is 24.3 Å². The van der Waals surface area contributed by atoms with Crippen LogP contribution in [0.25, 0.3) is 40.3 Å². The van der Waals surface area contributed by atoms with Crippen molar-refractivity contribution in [2.45, 2.75) is 79.1 Å². The van der Waals surface area contributed by atoms with Gasteiger partial charge in [0.25, 0.3) is 0 Å². The molecule has 4 heteroatoms. The summed E-state index contributed by atoms with van der Waals surface area (Å²) in [7, 11) is 0. The van der Waals surface area contributed by atoms with Crippen LogP contribution >= 0.6 is 0 Å². The summed E-state index contributed by atoms with van der Waals surface area (Å²) in [5.41, 5.74) is 11.5. The topological polar surface area (TPSA) is 42.3 Å². The summed E-state index contributed by atoms with van der Waals surface area (Å²) in [5, 5.41) is 11.9. The van der Waals surface area contributed by atoms with Gasteiger partial charge >= 0.3 is 26.2 Å². The van der Waals surface area contributed by atoms with Gasteiger partial charge in [0.1, 0.15) is 0 Å². The molecule has 0 bridgehead atoms. The Morgan fingerprint density at radius 2 is 0.554 bits per heavy atom. The zero-order valence-corrected chi connectivity index (χ0v) is 37.9. The number of nitrogens with zero attached hydrogens (tertiary/aromatic N) is 3. The van der Waals surface area contributed by atoms with E-state index >= 15 is 0 Å². The summed E-state index contributed by atoms with van der Waals surface area (Å²) in [6.07, 6.45) is 18.6. The molecule has 0 spiro atoms. The largest absolute Gasteiger partial charge is 3.00 e. The summed E-state index contributed by atoms with van der Waals surface area (Å²) < 4.78 is 0. The average Bonchev–Trinajstić information content (AvgIpc) is 4.04. The van der Waals surface area contributed by atoms with E-state index < -0.39 is 0 Å². The van der Waals surface area contributed by atoms with E-state index in [0.717, 1.165) is 39.3 Å². The van der Waals surface area contributed by atoms with Crippen LogP contribution in [0.5, 0.6) is 0 Å². The molecule has 1 radical (unpaired) electrons. The van der Waals surface area contributed by atoms with Gasteiger partial charge in [-0.25, -0.2) is 0 Å². The molecule has 0 saturated heterocycles. The first-order valence-corrected chi connectivity index (χ1v) is 20.9. The van der Waals surface area contributed by atoms with E-state index in [1.807, 2.05) is 41.5 Å². The molecule has 0 saturated carbocycles. The van der Waals surface area contributed by atoms with E-state index in [4.69, 9.17) is 0 Å². The molecule has 0 N–H and O–H groups in total. The fourth-order valence-corrected chi connectivity index (χ4v) is 8.06. The Morgan fingerprint density at radius 1 is 0.357 bits per heavy atom. The Labute approximate surface area is 360 Å². The predicted octanol–water partition coefficient (Wildman–Crippen LogP) is 14.7. The molecule has 4 aromatic rings. The van der Waals surface area contributed by atoms with Gasteiger partial charge in [0.15, 0.2) is 0 Å². The van der Waals surface area contributed by atoms with E-state index in [1.165, 1.54) is 44.5 Å². The predicted molar refractivity (Wildman–Crippen MR) is 245 cm³/mol. The second kappa shape index (κ2) is 25.8. The van der Waals surface area contributed by atoms with Gasteiger partial charge in [-0.2, -0.15) is 39.3 Å². The number of benzene rings is 4. The second-order valence-corrected chi connectivity index (χ2v) is 14.3. The number of fused-ring (bicyclic) bond motifs is 4. The fraction of sp³-hybridized carbons (Fsp3) is 0.385. The van der Waals surface area contributed by atoms with Gasteiger partial charge in [0.05, 0.1) is 0 Å². The van der Waals surface area contributed by atoms with E-state index in [0.29, 0.717) is 35.5 Å². The third-order valence-electron chi connectivity index (χ3n) is 11.0. The Morgan fingerprint density at radius 3 is 0.732 bits per heavy atom. The molecular formula is C52H66N3Zr. The van der Waals surface area contributed by atoms with Crippen LogP contribution in [0.15, 0.2) is 121 Å². The van der Waals surface area contributed by atoms with E-state index in [-0.39, 0.29) is 26.2 Å². The van der Waals surface area contributed by atoms with Crippen LogP contribution in [0.3, 0.4) is 0 Å². The minimum atomic E-state index is 0. The maximum atomic E-state index is 3.97. The van der Waals surface area contributed by atoms with E-state index in [2.05, 4.69) is 175 Å². The molecule has 4 atom stereocenters. The molecule has 4 aliphatic rings. The van der Waals surface area contributed by atoms with Crippen LogP contribution in [0.1, 0.15) is 124 Å². The minimum absolute atomic E-state index is 0. The van der Waals surface area contributed by atoms with E-state index in [9.17, 15) is 0 Å². The molecule has 4 unspecified atom stereocenters. The van der Waals surface area contributed by atoms with Gasteiger partial charge in [0, 0.05) is 23.7 Å². The quantitative estimate of drug-likeness (QED) is 0.153. The Bertz CT molecular complexity index is 1570. The molecule has 4 aliphatic carbocycles. The van der Waals surface area contributed by atoms with Gasteiger partial charge in [-0.3, -0.25) is 0 Å². The zero-order valence-electron chi connectivity index (χ0n) is 35.4. The fourth-order valence-electron chi connectivity index (χ4n) is 8.06. The van der Waals surface area contributed by atoms with Gasteiger partial charge in [-0.15, -0.1) is 0 Å². The molecule has 56 heavy (non-hydrogen) atoms. The molecule has 3 nitrogen and oxygen atoms in total. The van der Waals surface area contributed by atoms with Gasteiger partial charge in [-0.1, -0.05) is 201 Å². The van der Waals surface area contributed by atoms with Crippen LogP contribution in [0.4, 0.5) is 0 Å². The van der Waals surface area contributed by atoms with Gasteiger partial charge < -0.3 is 16.0 Å². The first-order valence-electron chi connectivity index (χ1n) is 20.9. The number of allylic oxidation sites excluding steroid dienone is 4. The van der Waals surface area contributed by atoms with Gasteiger partial charge in [-0.05, 0) is 56.3 Å². The van der Waals surface area contributed by atoms with Crippen LogP contribution in [0.2, 0.25) is 0 Å².